The molecule has 0 heterocycles. The molecule has 5 heteroatoms. The minimum absolute atomic E-state index is 0.290. The van der Waals surface area contributed by atoms with Crippen LogP contribution in [-0.2, 0) is 16.4 Å². The highest BCUT2D eigenvalue weighted by Crippen LogP contribution is 2.27. The van der Waals surface area contributed by atoms with Gasteiger partial charge < -0.3 is 0 Å². The monoisotopic (exact) mass is 321 g/mol. The summed E-state index contributed by atoms with van der Waals surface area (Å²) >= 11 is 1.51. The smallest absolute Gasteiger partial charge is 0.261 e. The first-order valence-corrected chi connectivity index (χ1v) is 9.52. The molecular formula is C16H19NO2S2. The Morgan fingerprint density at radius 1 is 1.05 bits per heavy atom. The summed E-state index contributed by atoms with van der Waals surface area (Å²) in [5.41, 5.74) is 1.77. The Balaban J connectivity index is 2.25. The van der Waals surface area contributed by atoms with Crippen molar-refractivity contribution in [2.45, 2.75) is 29.6 Å². The van der Waals surface area contributed by atoms with Gasteiger partial charge in [-0.2, -0.15) is 0 Å². The highest BCUT2D eigenvalue weighted by molar-refractivity contribution is 7.99. The van der Waals surface area contributed by atoms with E-state index in [0.29, 0.717) is 10.6 Å². The average Bonchev–Trinajstić information content (AvgIpc) is 2.48. The molecule has 0 atom stereocenters. The van der Waals surface area contributed by atoms with Gasteiger partial charge in [0.05, 0.1) is 10.6 Å². The lowest BCUT2D eigenvalue weighted by molar-refractivity contribution is 0.601. The molecule has 0 bridgehead atoms. The van der Waals surface area contributed by atoms with Crippen molar-refractivity contribution in [2.75, 3.05) is 11.0 Å². The third-order valence-electron chi connectivity index (χ3n) is 3.12. The van der Waals surface area contributed by atoms with E-state index in [1.807, 2.05) is 36.6 Å². The van der Waals surface area contributed by atoms with Crippen molar-refractivity contribution >= 4 is 27.5 Å². The molecule has 0 fully saturated rings. The second-order valence-corrected chi connectivity index (χ2v) is 7.23. The number of para-hydroxylation sites is 1. The molecule has 0 aliphatic heterocycles. The SMILES string of the molecule is CCCc1ccc(S(=O)(=O)Nc2ccccc2SC)cc1. The van der Waals surface area contributed by atoms with Crippen LogP contribution in [0.15, 0.2) is 58.3 Å². The molecule has 0 unspecified atom stereocenters. The highest BCUT2D eigenvalue weighted by Gasteiger charge is 2.15. The van der Waals surface area contributed by atoms with Gasteiger partial charge in [0.15, 0.2) is 0 Å². The fraction of sp³-hybridized carbons (Fsp3) is 0.250. The number of benzene rings is 2. The third-order valence-corrected chi connectivity index (χ3v) is 5.30. The molecule has 0 saturated carbocycles. The molecule has 112 valence electrons. The molecule has 2 rings (SSSR count). The molecule has 21 heavy (non-hydrogen) atoms. The number of hydrogen-bond acceptors (Lipinski definition) is 3. The summed E-state index contributed by atoms with van der Waals surface area (Å²) in [4.78, 5) is 1.20. The van der Waals surface area contributed by atoms with Crippen molar-refractivity contribution in [2.24, 2.45) is 0 Å². The van der Waals surface area contributed by atoms with Gasteiger partial charge in [0.25, 0.3) is 10.0 Å². The van der Waals surface area contributed by atoms with Gasteiger partial charge in [-0.3, -0.25) is 4.72 Å². The summed E-state index contributed by atoms with van der Waals surface area (Å²) in [6.07, 6.45) is 3.93. The topological polar surface area (TPSA) is 46.2 Å². The Bertz CT molecular complexity index is 694. The van der Waals surface area contributed by atoms with E-state index in [1.54, 1.807) is 18.2 Å². The molecule has 2 aromatic carbocycles. The third kappa shape index (κ3) is 4.02. The lowest BCUT2D eigenvalue weighted by Crippen LogP contribution is -2.13. The molecule has 0 radical (unpaired) electrons. The second-order valence-electron chi connectivity index (χ2n) is 4.70. The van der Waals surface area contributed by atoms with E-state index in [2.05, 4.69) is 11.6 Å². The number of nitrogens with one attached hydrogen (secondary N) is 1. The molecule has 3 nitrogen and oxygen atoms in total. The van der Waals surface area contributed by atoms with Gasteiger partial charge in [0, 0.05) is 4.90 Å². The Hall–Kier alpha value is -1.46. The first-order chi connectivity index (χ1) is 10.1. The maximum atomic E-state index is 12.4. The fourth-order valence-electron chi connectivity index (χ4n) is 2.06. The van der Waals surface area contributed by atoms with Crippen LogP contribution < -0.4 is 4.72 Å². The number of anilines is 1. The molecule has 0 amide bonds. The van der Waals surface area contributed by atoms with E-state index in [9.17, 15) is 8.42 Å². The maximum Gasteiger partial charge on any atom is 0.261 e. The molecule has 2 aromatic rings. The van der Waals surface area contributed by atoms with Crippen LogP contribution in [-0.4, -0.2) is 14.7 Å². The summed E-state index contributed by atoms with van der Waals surface area (Å²) < 4.78 is 27.5. The van der Waals surface area contributed by atoms with Crippen LogP contribution >= 0.6 is 11.8 Å². The Morgan fingerprint density at radius 2 is 1.71 bits per heavy atom. The van der Waals surface area contributed by atoms with Crippen LogP contribution in [0.4, 0.5) is 5.69 Å². The molecular weight excluding hydrogens is 302 g/mol. The molecule has 0 saturated heterocycles. The molecule has 0 aromatic heterocycles. The summed E-state index contributed by atoms with van der Waals surface area (Å²) in [7, 11) is -3.54. The Morgan fingerprint density at radius 3 is 2.33 bits per heavy atom. The standard InChI is InChI=1S/C16H19NO2S2/c1-3-6-13-9-11-14(12-10-13)21(18,19)17-15-7-4-5-8-16(15)20-2/h4-5,7-12,17H,3,6H2,1-2H3. The van der Waals surface area contributed by atoms with Crippen LogP contribution in [0.3, 0.4) is 0 Å². The largest absolute Gasteiger partial charge is 0.278 e. The Labute approximate surface area is 130 Å². The first-order valence-electron chi connectivity index (χ1n) is 6.81. The highest BCUT2D eigenvalue weighted by atomic mass is 32.2. The van der Waals surface area contributed by atoms with Gasteiger partial charge in [-0.25, -0.2) is 8.42 Å². The molecule has 0 aliphatic rings. The van der Waals surface area contributed by atoms with E-state index < -0.39 is 10.0 Å². The lowest BCUT2D eigenvalue weighted by Gasteiger charge is -2.11. The van der Waals surface area contributed by atoms with Gasteiger partial charge in [0.2, 0.25) is 0 Å². The summed E-state index contributed by atoms with van der Waals surface area (Å²) in [5, 5.41) is 0. The first kappa shape index (κ1) is 15.9. The van der Waals surface area contributed by atoms with Crippen LogP contribution in [0.25, 0.3) is 0 Å². The van der Waals surface area contributed by atoms with Crippen LogP contribution in [0.5, 0.6) is 0 Å². The minimum atomic E-state index is -3.54. The number of thioether (sulfide) groups is 1. The fourth-order valence-corrected chi connectivity index (χ4v) is 3.75. The molecule has 0 spiro atoms. The van der Waals surface area contributed by atoms with Gasteiger partial charge in [-0.05, 0) is 42.5 Å². The van der Waals surface area contributed by atoms with Crippen molar-refractivity contribution in [3.63, 3.8) is 0 Å². The van der Waals surface area contributed by atoms with E-state index >= 15 is 0 Å². The van der Waals surface area contributed by atoms with Gasteiger partial charge in [-0.15, -0.1) is 11.8 Å². The van der Waals surface area contributed by atoms with E-state index in [4.69, 9.17) is 0 Å². The quantitative estimate of drug-likeness (QED) is 0.813. The summed E-state index contributed by atoms with van der Waals surface area (Å²) in [6, 6.07) is 14.5. The van der Waals surface area contributed by atoms with Crippen molar-refractivity contribution in [1.29, 1.82) is 0 Å². The molecule has 1 N–H and O–H groups in total. The van der Waals surface area contributed by atoms with Crippen molar-refractivity contribution < 1.29 is 8.42 Å². The van der Waals surface area contributed by atoms with Crippen LogP contribution in [0, 0.1) is 0 Å². The number of aryl methyl sites for hydroxylation is 1. The van der Waals surface area contributed by atoms with E-state index in [1.165, 1.54) is 11.8 Å². The summed E-state index contributed by atoms with van der Waals surface area (Å²) in [5.74, 6) is 0. The van der Waals surface area contributed by atoms with E-state index in [-0.39, 0.29) is 0 Å². The van der Waals surface area contributed by atoms with Gasteiger partial charge in [0.1, 0.15) is 0 Å². The van der Waals surface area contributed by atoms with Crippen molar-refractivity contribution in [3.05, 3.63) is 54.1 Å². The zero-order chi connectivity index (χ0) is 15.3. The zero-order valence-corrected chi connectivity index (χ0v) is 13.8. The van der Waals surface area contributed by atoms with Crippen LogP contribution in [0.1, 0.15) is 18.9 Å². The van der Waals surface area contributed by atoms with Crippen molar-refractivity contribution in [1.82, 2.24) is 0 Å². The van der Waals surface area contributed by atoms with E-state index in [0.717, 1.165) is 23.3 Å². The lowest BCUT2D eigenvalue weighted by atomic mass is 10.1. The zero-order valence-electron chi connectivity index (χ0n) is 12.2. The average molecular weight is 321 g/mol. The predicted molar refractivity (Wildman–Crippen MR) is 89.5 cm³/mol. The number of hydrogen-bond donors (Lipinski definition) is 1. The van der Waals surface area contributed by atoms with Crippen molar-refractivity contribution in [3.8, 4) is 0 Å². The second kappa shape index (κ2) is 7.00. The van der Waals surface area contributed by atoms with Gasteiger partial charge >= 0.3 is 0 Å². The predicted octanol–water partition coefficient (Wildman–Crippen LogP) is 4.16. The summed E-state index contributed by atoms with van der Waals surface area (Å²) in [6.45, 7) is 2.10. The number of rotatable bonds is 6. The Kier molecular flexibility index (Phi) is 5.31. The maximum absolute atomic E-state index is 12.4. The van der Waals surface area contributed by atoms with Crippen LogP contribution in [0.2, 0.25) is 0 Å². The molecule has 0 aliphatic carbocycles. The normalized spacial score (nSPS) is 11.3. The minimum Gasteiger partial charge on any atom is -0.278 e. The number of sulfonamides is 1. The van der Waals surface area contributed by atoms with Gasteiger partial charge in [-0.1, -0.05) is 37.6 Å².